The first kappa shape index (κ1) is 16.1. The van der Waals surface area contributed by atoms with Crippen molar-refractivity contribution in [1.29, 1.82) is 0 Å². The van der Waals surface area contributed by atoms with Gasteiger partial charge in [0.15, 0.2) is 0 Å². The fourth-order valence-electron chi connectivity index (χ4n) is 2.82. The Labute approximate surface area is 119 Å². The molecule has 2 heterocycles. The highest BCUT2D eigenvalue weighted by atomic mass is 32.2. The standard InChI is InChI=1S/C12H22F2N2O3S/c1-19-10-11-3-2-6-16(9-11)20(17,18)15-7-4-12(13,14)5-8-15/h11H,2-10H2,1H3. The summed E-state index contributed by atoms with van der Waals surface area (Å²) in [6, 6.07) is 0. The zero-order valence-corrected chi connectivity index (χ0v) is 12.5. The molecule has 0 amide bonds. The molecule has 2 aliphatic rings. The third-order valence-electron chi connectivity index (χ3n) is 3.99. The Balaban J connectivity index is 1.99. The Bertz CT molecular complexity index is 418. The molecule has 0 radical (unpaired) electrons. The molecule has 2 aliphatic heterocycles. The van der Waals surface area contributed by atoms with Crippen molar-refractivity contribution in [2.24, 2.45) is 5.92 Å². The molecule has 0 spiro atoms. The number of ether oxygens (including phenoxy) is 1. The molecule has 118 valence electrons. The van der Waals surface area contributed by atoms with E-state index in [1.807, 2.05) is 0 Å². The van der Waals surface area contributed by atoms with Gasteiger partial charge in [-0.25, -0.2) is 8.78 Å². The first-order valence-corrected chi connectivity index (χ1v) is 8.37. The highest BCUT2D eigenvalue weighted by molar-refractivity contribution is 7.86. The van der Waals surface area contributed by atoms with Crippen molar-refractivity contribution in [1.82, 2.24) is 8.61 Å². The summed E-state index contributed by atoms with van der Waals surface area (Å²) < 4.78 is 58.9. The van der Waals surface area contributed by atoms with Crippen LogP contribution in [0.1, 0.15) is 25.7 Å². The van der Waals surface area contributed by atoms with Gasteiger partial charge < -0.3 is 4.74 Å². The molecule has 2 rings (SSSR count). The zero-order chi connectivity index (χ0) is 14.8. The molecule has 20 heavy (non-hydrogen) atoms. The zero-order valence-electron chi connectivity index (χ0n) is 11.7. The van der Waals surface area contributed by atoms with E-state index >= 15 is 0 Å². The van der Waals surface area contributed by atoms with Crippen LogP contribution in [0.5, 0.6) is 0 Å². The number of hydrogen-bond donors (Lipinski definition) is 0. The third kappa shape index (κ3) is 3.66. The number of methoxy groups -OCH3 is 1. The lowest BCUT2D eigenvalue weighted by Gasteiger charge is -2.38. The quantitative estimate of drug-likeness (QED) is 0.787. The molecule has 0 aromatic heterocycles. The van der Waals surface area contributed by atoms with Gasteiger partial charge in [0.2, 0.25) is 0 Å². The molecule has 1 atom stereocenters. The Morgan fingerprint density at radius 3 is 2.45 bits per heavy atom. The maximum Gasteiger partial charge on any atom is 0.281 e. The minimum atomic E-state index is -3.61. The Morgan fingerprint density at radius 1 is 1.20 bits per heavy atom. The van der Waals surface area contributed by atoms with Crippen LogP contribution in [-0.2, 0) is 14.9 Å². The fourth-order valence-corrected chi connectivity index (χ4v) is 4.55. The maximum atomic E-state index is 13.1. The predicted octanol–water partition coefficient (Wildman–Crippen LogP) is 1.32. The molecule has 0 aliphatic carbocycles. The topological polar surface area (TPSA) is 49.9 Å². The summed E-state index contributed by atoms with van der Waals surface area (Å²) in [7, 11) is -2.01. The lowest BCUT2D eigenvalue weighted by Crippen LogP contribution is -2.52. The molecule has 2 fully saturated rings. The van der Waals surface area contributed by atoms with Gasteiger partial charge >= 0.3 is 0 Å². The molecular formula is C12H22F2N2O3S. The highest BCUT2D eigenvalue weighted by Gasteiger charge is 2.41. The van der Waals surface area contributed by atoms with Crippen LogP contribution >= 0.6 is 0 Å². The van der Waals surface area contributed by atoms with Gasteiger partial charge in [-0.05, 0) is 18.8 Å². The normalized spacial score (nSPS) is 29.4. The maximum absolute atomic E-state index is 13.1. The molecule has 0 bridgehead atoms. The summed E-state index contributed by atoms with van der Waals surface area (Å²) in [5, 5.41) is 0. The van der Waals surface area contributed by atoms with E-state index in [0.29, 0.717) is 19.7 Å². The van der Waals surface area contributed by atoms with Crippen molar-refractivity contribution in [3.63, 3.8) is 0 Å². The van der Waals surface area contributed by atoms with Gasteiger partial charge in [0, 0.05) is 46.1 Å². The Morgan fingerprint density at radius 2 is 1.85 bits per heavy atom. The predicted molar refractivity (Wildman–Crippen MR) is 70.8 cm³/mol. The van der Waals surface area contributed by atoms with Gasteiger partial charge in [-0.2, -0.15) is 17.0 Å². The van der Waals surface area contributed by atoms with Gasteiger partial charge in [-0.3, -0.25) is 0 Å². The number of hydrogen-bond acceptors (Lipinski definition) is 3. The van der Waals surface area contributed by atoms with E-state index < -0.39 is 16.1 Å². The average molecular weight is 312 g/mol. The van der Waals surface area contributed by atoms with Crippen molar-refractivity contribution in [3.8, 4) is 0 Å². The monoisotopic (exact) mass is 312 g/mol. The van der Waals surface area contributed by atoms with E-state index in [1.54, 1.807) is 7.11 Å². The second kappa shape index (κ2) is 6.21. The van der Waals surface area contributed by atoms with Crippen molar-refractivity contribution in [3.05, 3.63) is 0 Å². The van der Waals surface area contributed by atoms with Crippen LogP contribution in [-0.4, -0.2) is 62.8 Å². The van der Waals surface area contributed by atoms with E-state index in [4.69, 9.17) is 4.74 Å². The smallest absolute Gasteiger partial charge is 0.281 e. The van der Waals surface area contributed by atoms with Crippen LogP contribution in [0.4, 0.5) is 8.78 Å². The van der Waals surface area contributed by atoms with Crippen LogP contribution < -0.4 is 0 Å². The average Bonchev–Trinajstić information content (AvgIpc) is 2.39. The van der Waals surface area contributed by atoms with Gasteiger partial charge in [-0.15, -0.1) is 0 Å². The second-order valence-corrected chi connectivity index (χ2v) is 7.51. The molecular weight excluding hydrogens is 290 g/mol. The molecule has 0 aromatic rings. The molecule has 8 heteroatoms. The van der Waals surface area contributed by atoms with E-state index in [0.717, 1.165) is 12.8 Å². The molecule has 0 saturated carbocycles. The number of halogens is 2. The minimum Gasteiger partial charge on any atom is -0.384 e. The highest BCUT2D eigenvalue weighted by Crippen LogP contribution is 2.30. The molecule has 5 nitrogen and oxygen atoms in total. The molecule has 2 saturated heterocycles. The van der Waals surface area contributed by atoms with Crippen LogP contribution in [0, 0.1) is 5.92 Å². The van der Waals surface area contributed by atoms with E-state index in [9.17, 15) is 17.2 Å². The largest absolute Gasteiger partial charge is 0.384 e. The van der Waals surface area contributed by atoms with Crippen molar-refractivity contribution in [2.45, 2.75) is 31.6 Å². The second-order valence-electron chi connectivity index (χ2n) is 5.58. The van der Waals surface area contributed by atoms with E-state index in [2.05, 4.69) is 0 Å². The van der Waals surface area contributed by atoms with Gasteiger partial charge in [0.05, 0.1) is 6.61 Å². The molecule has 0 aromatic carbocycles. The van der Waals surface area contributed by atoms with E-state index in [1.165, 1.54) is 8.61 Å². The molecule has 1 unspecified atom stereocenters. The first-order chi connectivity index (χ1) is 9.35. The van der Waals surface area contributed by atoms with Crippen molar-refractivity contribution in [2.75, 3.05) is 39.9 Å². The summed E-state index contributed by atoms with van der Waals surface area (Å²) in [4.78, 5) is 0. The Hall–Kier alpha value is -0.310. The number of alkyl halides is 2. The third-order valence-corrected chi connectivity index (χ3v) is 5.99. The first-order valence-electron chi connectivity index (χ1n) is 6.97. The number of piperidine rings is 2. The van der Waals surface area contributed by atoms with Crippen LogP contribution in [0.2, 0.25) is 0 Å². The van der Waals surface area contributed by atoms with Gasteiger partial charge in [-0.1, -0.05) is 0 Å². The lowest BCUT2D eigenvalue weighted by atomic mass is 10.0. The number of rotatable bonds is 4. The molecule has 0 N–H and O–H groups in total. The van der Waals surface area contributed by atoms with Crippen LogP contribution in [0.3, 0.4) is 0 Å². The summed E-state index contributed by atoms with van der Waals surface area (Å²) >= 11 is 0. The summed E-state index contributed by atoms with van der Waals surface area (Å²) in [6.45, 7) is 1.23. The summed E-state index contributed by atoms with van der Waals surface area (Å²) in [6.07, 6.45) is 0.957. The fraction of sp³-hybridized carbons (Fsp3) is 1.00. The minimum absolute atomic E-state index is 0.0965. The van der Waals surface area contributed by atoms with E-state index in [-0.39, 0.29) is 31.8 Å². The Kier molecular flexibility index (Phi) is 4.99. The lowest BCUT2D eigenvalue weighted by molar-refractivity contribution is -0.0421. The summed E-state index contributed by atoms with van der Waals surface area (Å²) in [5.74, 6) is -2.54. The summed E-state index contributed by atoms with van der Waals surface area (Å²) in [5.41, 5.74) is 0. The van der Waals surface area contributed by atoms with Gasteiger partial charge in [0.1, 0.15) is 0 Å². The van der Waals surface area contributed by atoms with Crippen molar-refractivity contribution >= 4 is 10.2 Å². The number of nitrogens with zero attached hydrogens (tertiary/aromatic N) is 2. The van der Waals surface area contributed by atoms with Crippen LogP contribution in [0.25, 0.3) is 0 Å². The van der Waals surface area contributed by atoms with Gasteiger partial charge in [0.25, 0.3) is 16.1 Å². The van der Waals surface area contributed by atoms with Crippen LogP contribution in [0.15, 0.2) is 0 Å². The SMILES string of the molecule is COCC1CCCN(S(=O)(=O)N2CCC(F)(F)CC2)C1. The van der Waals surface area contributed by atoms with Crippen molar-refractivity contribution < 1.29 is 21.9 Å².